The third kappa shape index (κ3) is 5.06. The molecule has 1 aromatic rings. The number of nitrogens with zero attached hydrogens (tertiary/aromatic N) is 2. The van der Waals surface area contributed by atoms with Crippen molar-refractivity contribution in [2.45, 2.75) is 24.3 Å². The van der Waals surface area contributed by atoms with Crippen LogP contribution in [0.2, 0.25) is 0 Å². The molecule has 96 valence electrons. The molecule has 1 heterocycles. The highest BCUT2D eigenvalue weighted by Gasteiger charge is 2.10. The van der Waals surface area contributed by atoms with Crippen LogP contribution in [0.3, 0.4) is 0 Å². The van der Waals surface area contributed by atoms with Crippen molar-refractivity contribution in [3.8, 4) is 0 Å². The first-order valence-corrected chi connectivity index (χ1v) is 7.41. The number of amides is 1. The molecule has 0 radical (unpaired) electrons. The summed E-state index contributed by atoms with van der Waals surface area (Å²) in [4.78, 5) is 17.5. The van der Waals surface area contributed by atoms with E-state index in [0.29, 0.717) is 18.2 Å². The average molecular weight is 273 g/mol. The molecule has 1 aromatic heterocycles. The van der Waals surface area contributed by atoms with Gasteiger partial charge in [-0.05, 0) is 0 Å². The summed E-state index contributed by atoms with van der Waals surface area (Å²) >= 11 is 3.34. The van der Waals surface area contributed by atoms with Gasteiger partial charge in [0.1, 0.15) is 5.01 Å². The lowest BCUT2D eigenvalue weighted by molar-refractivity contribution is -0.127. The molecule has 0 spiro atoms. The van der Waals surface area contributed by atoms with Crippen molar-refractivity contribution < 1.29 is 4.79 Å². The van der Waals surface area contributed by atoms with E-state index in [0.717, 1.165) is 16.5 Å². The van der Waals surface area contributed by atoms with Crippen molar-refractivity contribution in [3.63, 3.8) is 0 Å². The van der Waals surface area contributed by atoms with E-state index in [4.69, 9.17) is 5.73 Å². The molecular formula is C11H19N3OS2. The molecule has 1 atom stereocenters. The van der Waals surface area contributed by atoms with E-state index in [2.05, 4.69) is 11.9 Å². The number of thiazole rings is 1. The molecule has 0 saturated heterocycles. The Bertz CT molecular complexity index is 365. The molecule has 0 aliphatic carbocycles. The maximum absolute atomic E-state index is 11.5. The van der Waals surface area contributed by atoms with E-state index in [1.165, 1.54) is 0 Å². The molecule has 0 aromatic carbocycles. The first-order chi connectivity index (χ1) is 8.02. The summed E-state index contributed by atoms with van der Waals surface area (Å²) in [7, 11) is 3.52. The minimum absolute atomic E-state index is 0.0916. The first kappa shape index (κ1) is 14.5. The fourth-order valence-electron chi connectivity index (χ4n) is 1.08. The van der Waals surface area contributed by atoms with Crippen molar-refractivity contribution in [2.24, 2.45) is 5.73 Å². The molecule has 1 amide bonds. The van der Waals surface area contributed by atoms with Crippen LogP contribution in [0.15, 0.2) is 5.38 Å². The zero-order chi connectivity index (χ0) is 12.8. The summed E-state index contributed by atoms with van der Waals surface area (Å²) in [5.74, 6) is 0.958. The maximum atomic E-state index is 11.5. The average Bonchev–Trinajstić information content (AvgIpc) is 2.73. The van der Waals surface area contributed by atoms with Gasteiger partial charge in [-0.2, -0.15) is 11.8 Å². The second-order valence-electron chi connectivity index (χ2n) is 4.05. The van der Waals surface area contributed by atoms with Crippen LogP contribution in [0, 0.1) is 0 Å². The van der Waals surface area contributed by atoms with Crippen molar-refractivity contribution in [1.29, 1.82) is 0 Å². The molecule has 0 saturated carbocycles. The summed E-state index contributed by atoms with van der Waals surface area (Å²) in [5, 5.41) is 3.36. The Morgan fingerprint density at radius 1 is 1.65 bits per heavy atom. The number of rotatable bonds is 6. The van der Waals surface area contributed by atoms with Crippen LogP contribution in [0.4, 0.5) is 0 Å². The minimum Gasteiger partial charge on any atom is -0.348 e. The van der Waals surface area contributed by atoms with E-state index in [1.54, 1.807) is 42.1 Å². The second kappa shape index (κ2) is 6.98. The molecule has 4 nitrogen and oxygen atoms in total. The minimum atomic E-state index is 0.0916. The van der Waals surface area contributed by atoms with Crippen LogP contribution in [0.1, 0.15) is 17.6 Å². The highest BCUT2D eigenvalue weighted by molar-refractivity contribution is 7.99. The molecule has 6 heteroatoms. The van der Waals surface area contributed by atoms with E-state index in [-0.39, 0.29) is 5.91 Å². The first-order valence-electron chi connectivity index (χ1n) is 5.48. The smallest absolute Gasteiger partial charge is 0.228 e. The topological polar surface area (TPSA) is 59.2 Å². The molecular weight excluding hydrogens is 254 g/mol. The molecule has 17 heavy (non-hydrogen) atoms. The SMILES string of the molecule is CC(CN)SCc1csc(CC(=O)N(C)C)n1. The number of aromatic nitrogens is 1. The van der Waals surface area contributed by atoms with E-state index < -0.39 is 0 Å². The molecule has 1 rings (SSSR count). The van der Waals surface area contributed by atoms with Gasteiger partial charge >= 0.3 is 0 Å². The van der Waals surface area contributed by atoms with Crippen molar-refractivity contribution in [1.82, 2.24) is 9.88 Å². The van der Waals surface area contributed by atoms with Crippen LogP contribution in [-0.4, -0.2) is 41.7 Å². The van der Waals surface area contributed by atoms with Crippen LogP contribution in [-0.2, 0) is 17.0 Å². The quantitative estimate of drug-likeness (QED) is 0.850. The lowest BCUT2D eigenvalue weighted by Crippen LogP contribution is -2.23. The molecule has 2 N–H and O–H groups in total. The summed E-state index contributed by atoms with van der Waals surface area (Å²) in [6.07, 6.45) is 0.398. The van der Waals surface area contributed by atoms with E-state index in [9.17, 15) is 4.79 Å². The van der Waals surface area contributed by atoms with Crippen molar-refractivity contribution in [3.05, 3.63) is 16.1 Å². The van der Waals surface area contributed by atoms with Gasteiger partial charge in [0.25, 0.3) is 0 Å². The molecule has 0 aliphatic heterocycles. The Balaban J connectivity index is 2.45. The molecule has 0 fully saturated rings. The standard InChI is InChI=1S/C11H19N3OS2/c1-8(5-12)16-6-9-7-17-10(13-9)4-11(15)14(2)3/h7-8H,4-6,12H2,1-3H3. The monoisotopic (exact) mass is 273 g/mol. The number of nitrogens with two attached hydrogens (primary N) is 1. The predicted octanol–water partition coefficient (Wildman–Crippen LogP) is 1.35. The largest absolute Gasteiger partial charge is 0.348 e. The van der Waals surface area contributed by atoms with E-state index in [1.807, 2.05) is 5.38 Å². The number of carbonyl (C=O) groups is 1. The zero-order valence-electron chi connectivity index (χ0n) is 10.5. The van der Waals surface area contributed by atoms with Crippen LogP contribution < -0.4 is 5.73 Å². The van der Waals surface area contributed by atoms with Gasteiger partial charge in [0.2, 0.25) is 5.91 Å². The Hall–Kier alpha value is -0.590. The normalized spacial score (nSPS) is 12.5. The predicted molar refractivity (Wildman–Crippen MR) is 74.3 cm³/mol. The number of carbonyl (C=O) groups excluding carboxylic acids is 1. The van der Waals surface area contributed by atoms with Crippen molar-refractivity contribution in [2.75, 3.05) is 20.6 Å². The van der Waals surface area contributed by atoms with Gasteiger partial charge in [0, 0.05) is 37.0 Å². The van der Waals surface area contributed by atoms with Gasteiger partial charge in [-0.3, -0.25) is 4.79 Å². The third-order valence-electron chi connectivity index (χ3n) is 2.25. The summed E-state index contributed by atoms with van der Waals surface area (Å²) in [6, 6.07) is 0. The van der Waals surface area contributed by atoms with Crippen LogP contribution >= 0.6 is 23.1 Å². The van der Waals surface area contributed by atoms with Gasteiger partial charge in [0.05, 0.1) is 12.1 Å². The summed E-state index contributed by atoms with van der Waals surface area (Å²) in [5.41, 5.74) is 6.60. The lowest BCUT2D eigenvalue weighted by Gasteiger charge is -2.08. The Kier molecular flexibility index (Phi) is 5.94. The molecule has 0 aliphatic rings. The third-order valence-corrected chi connectivity index (χ3v) is 4.37. The molecule has 1 unspecified atom stereocenters. The van der Waals surface area contributed by atoms with Crippen molar-refractivity contribution >= 4 is 29.0 Å². The van der Waals surface area contributed by atoms with Gasteiger partial charge in [-0.25, -0.2) is 4.98 Å². The lowest BCUT2D eigenvalue weighted by atomic mass is 10.4. The van der Waals surface area contributed by atoms with Gasteiger partial charge in [-0.1, -0.05) is 6.92 Å². The van der Waals surface area contributed by atoms with Gasteiger partial charge in [-0.15, -0.1) is 11.3 Å². The highest BCUT2D eigenvalue weighted by atomic mass is 32.2. The fourth-order valence-corrected chi connectivity index (χ4v) is 2.71. The number of likely N-dealkylation sites (N-methyl/N-ethyl adjacent to an activating group) is 1. The van der Waals surface area contributed by atoms with Crippen LogP contribution in [0.25, 0.3) is 0 Å². The summed E-state index contributed by atoms with van der Waals surface area (Å²) in [6.45, 7) is 2.79. The summed E-state index contributed by atoms with van der Waals surface area (Å²) < 4.78 is 0. The Morgan fingerprint density at radius 2 is 2.35 bits per heavy atom. The highest BCUT2D eigenvalue weighted by Crippen LogP contribution is 2.19. The van der Waals surface area contributed by atoms with Gasteiger partial charge in [0.15, 0.2) is 0 Å². The molecule has 0 bridgehead atoms. The van der Waals surface area contributed by atoms with Crippen LogP contribution in [0.5, 0.6) is 0 Å². The Morgan fingerprint density at radius 3 is 2.94 bits per heavy atom. The Labute approximate surface area is 111 Å². The number of hydrogen-bond acceptors (Lipinski definition) is 5. The second-order valence-corrected chi connectivity index (χ2v) is 6.42. The fraction of sp³-hybridized carbons (Fsp3) is 0.636. The van der Waals surface area contributed by atoms with E-state index >= 15 is 0 Å². The maximum Gasteiger partial charge on any atom is 0.228 e. The zero-order valence-corrected chi connectivity index (χ0v) is 12.1. The number of thioether (sulfide) groups is 1. The van der Waals surface area contributed by atoms with Gasteiger partial charge < -0.3 is 10.6 Å². The number of hydrogen-bond donors (Lipinski definition) is 1.